The molecule has 0 radical (unpaired) electrons. The lowest BCUT2D eigenvalue weighted by Crippen LogP contribution is -2.50. The average molecular weight is 307 g/mol. The van der Waals surface area contributed by atoms with E-state index >= 15 is 0 Å². The fourth-order valence-corrected chi connectivity index (χ4v) is 2.13. The second kappa shape index (κ2) is 6.99. The van der Waals surface area contributed by atoms with Crippen LogP contribution in [0.15, 0.2) is 24.3 Å². The lowest BCUT2D eigenvalue weighted by atomic mass is 10.1. The molecule has 2 rings (SSSR count). The minimum absolute atomic E-state index is 0.0889. The number of benzene rings is 1. The number of carbonyl (C=O) groups is 2. The highest BCUT2D eigenvalue weighted by Crippen LogP contribution is 2.12. The zero-order valence-corrected chi connectivity index (χ0v) is 12.2. The third-order valence-electron chi connectivity index (χ3n) is 3.38. The van der Waals surface area contributed by atoms with Crippen molar-refractivity contribution in [3.8, 4) is 0 Å². The molecule has 0 aliphatic carbocycles. The Kier molecular flexibility index (Phi) is 5.05. The summed E-state index contributed by atoms with van der Waals surface area (Å²) in [5, 5.41) is 13.2. The van der Waals surface area contributed by atoms with Crippen LogP contribution >= 0.6 is 0 Å². The summed E-state index contributed by atoms with van der Waals surface area (Å²) in [6, 6.07) is 4.56. The lowest BCUT2D eigenvalue weighted by molar-refractivity contribution is -0.384. The molecule has 1 fully saturated rings. The van der Waals surface area contributed by atoms with E-state index < -0.39 is 16.9 Å². The summed E-state index contributed by atoms with van der Waals surface area (Å²) in [6.45, 7) is 3.62. The molecule has 0 bridgehead atoms. The summed E-state index contributed by atoms with van der Waals surface area (Å²) in [7, 11) is 0. The van der Waals surface area contributed by atoms with Gasteiger partial charge in [-0.15, -0.1) is 0 Å². The predicted molar refractivity (Wildman–Crippen MR) is 77.4 cm³/mol. The van der Waals surface area contributed by atoms with Crippen LogP contribution in [0.2, 0.25) is 0 Å². The van der Waals surface area contributed by atoms with Gasteiger partial charge in [0.25, 0.3) is 11.6 Å². The minimum Gasteiger partial charge on any atom is -0.378 e. The van der Waals surface area contributed by atoms with Crippen LogP contribution in [-0.2, 0) is 9.53 Å². The molecule has 118 valence electrons. The maximum absolute atomic E-state index is 12.2. The Bertz CT molecular complexity index is 566. The van der Waals surface area contributed by atoms with E-state index in [0.29, 0.717) is 26.3 Å². The zero-order valence-electron chi connectivity index (χ0n) is 12.2. The van der Waals surface area contributed by atoms with Crippen LogP contribution in [-0.4, -0.2) is 54.0 Å². The smallest absolute Gasteiger partial charge is 0.269 e. The van der Waals surface area contributed by atoms with Crippen LogP contribution in [0.3, 0.4) is 0 Å². The number of hydrogen-bond acceptors (Lipinski definition) is 5. The van der Waals surface area contributed by atoms with Crippen LogP contribution in [0.25, 0.3) is 0 Å². The number of amides is 2. The molecule has 0 spiro atoms. The molecule has 8 heteroatoms. The molecule has 1 N–H and O–H groups in total. The van der Waals surface area contributed by atoms with E-state index in [1.807, 2.05) is 0 Å². The molecule has 0 saturated carbocycles. The minimum atomic E-state index is -0.666. The quantitative estimate of drug-likeness (QED) is 0.647. The van der Waals surface area contributed by atoms with Gasteiger partial charge in [-0.2, -0.15) is 0 Å². The Morgan fingerprint density at radius 3 is 2.41 bits per heavy atom. The first-order chi connectivity index (χ1) is 10.5. The van der Waals surface area contributed by atoms with E-state index in [2.05, 4.69) is 5.32 Å². The van der Waals surface area contributed by atoms with Gasteiger partial charge in [-0.25, -0.2) is 0 Å². The van der Waals surface area contributed by atoms with Crippen molar-refractivity contribution in [2.45, 2.75) is 13.0 Å². The molecule has 1 saturated heterocycles. The standard InChI is InChI=1S/C14H17N3O5/c1-10(14(19)16-6-8-22-9-7-16)15-13(18)11-2-4-12(5-3-11)17(20)21/h2-5,10H,6-9H2,1H3,(H,15,18). The van der Waals surface area contributed by atoms with Crippen molar-refractivity contribution in [3.63, 3.8) is 0 Å². The molecule has 1 aliphatic rings. The van der Waals surface area contributed by atoms with Gasteiger partial charge in [0.15, 0.2) is 0 Å². The molecule has 1 atom stereocenters. The molecule has 8 nitrogen and oxygen atoms in total. The summed E-state index contributed by atoms with van der Waals surface area (Å²) in [6.07, 6.45) is 0. The molecule has 1 aromatic rings. The molecular formula is C14H17N3O5. The van der Waals surface area contributed by atoms with E-state index in [-0.39, 0.29) is 17.2 Å². The first-order valence-electron chi connectivity index (χ1n) is 6.91. The highest BCUT2D eigenvalue weighted by Gasteiger charge is 2.24. The number of nitrogens with one attached hydrogen (secondary N) is 1. The molecular weight excluding hydrogens is 290 g/mol. The zero-order chi connectivity index (χ0) is 16.1. The average Bonchev–Trinajstić information content (AvgIpc) is 2.54. The molecule has 1 unspecified atom stereocenters. The van der Waals surface area contributed by atoms with Crippen LogP contribution in [0.4, 0.5) is 5.69 Å². The predicted octanol–water partition coefficient (Wildman–Crippen LogP) is 0.572. The van der Waals surface area contributed by atoms with Crippen molar-refractivity contribution in [3.05, 3.63) is 39.9 Å². The number of ether oxygens (including phenoxy) is 1. The van der Waals surface area contributed by atoms with Crippen molar-refractivity contribution < 1.29 is 19.2 Å². The monoisotopic (exact) mass is 307 g/mol. The van der Waals surface area contributed by atoms with Crippen molar-refractivity contribution in [2.75, 3.05) is 26.3 Å². The molecule has 22 heavy (non-hydrogen) atoms. The van der Waals surface area contributed by atoms with Crippen LogP contribution < -0.4 is 5.32 Å². The number of morpholine rings is 1. The third-order valence-corrected chi connectivity index (χ3v) is 3.38. The highest BCUT2D eigenvalue weighted by atomic mass is 16.6. The lowest BCUT2D eigenvalue weighted by Gasteiger charge is -2.29. The number of carbonyl (C=O) groups excluding carboxylic acids is 2. The number of non-ortho nitro benzene ring substituents is 1. The number of hydrogen-bond donors (Lipinski definition) is 1. The van der Waals surface area contributed by atoms with Gasteiger partial charge in [0.05, 0.1) is 18.1 Å². The second-order valence-corrected chi connectivity index (χ2v) is 4.94. The Balaban J connectivity index is 1.95. The first kappa shape index (κ1) is 15.9. The highest BCUT2D eigenvalue weighted by molar-refractivity contribution is 5.97. The Labute approximate surface area is 127 Å². The number of rotatable bonds is 4. The summed E-state index contributed by atoms with van der Waals surface area (Å²) in [5.74, 6) is -0.609. The number of nitro groups is 1. The van der Waals surface area contributed by atoms with Gasteiger partial charge in [0.2, 0.25) is 5.91 Å². The van der Waals surface area contributed by atoms with Gasteiger partial charge < -0.3 is 15.0 Å². The molecule has 1 heterocycles. The van der Waals surface area contributed by atoms with Crippen molar-refractivity contribution in [2.24, 2.45) is 0 Å². The van der Waals surface area contributed by atoms with Gasteiger partial charge in [-0.1, -0.05) is 0 Å². The molecule has 2 amide bonds. The second-order valence-electron chi connectivity index (χ2n) is 4.94. The van der Waals surface area contributed by atoms with Crippen LogP contribution in [0.1, 0.15) is 17.3 Å². The SMILES string of the molecule is CC(NC(=O)c1ccc([N+](=O)[O-])cc1)C(=O)N1CCOCC1. The third kappa shape index (κ3) is 3.79. The van der Waals surface area contributed by atoms with E-state index in [1.165, 1.54) is 24.3 Å². The summed E-state index contributed by atoms with van der Waals surface area (Å²) < 4.78 is 5.17. The van der Waals surface area contributed by atoms with E-state index in [9.17, 15) is 19.7 Å². The Hall–Kier alpha value is -2.48. The number of nitrogens with zero attached hydrogens (tertiary/aromatic N) is 2. The topological polar surface area (TPSA) is 102 Å². The van der Waals surface area contributed by atoms with Crippen LogP contribution in [0, 0.1) is 10.1 Å². The van der Waals surface area contributed by atoms with Gasteiger partial charge in [-0.3, -0.25) is 19.7 Å². The summed E-state index contributed by atoms with van der Waals surface area (Å²) in [5.41, 5.74) is 0.182. The van der Waals surface area contributed by atoms with Gasteiger partial charge in [0, 0.05) is 30.8 Å². The van der Waals surface area contributed by atoms with E-state index in [0.717, 1.165) is 0 Å². The van der Waals surface area contributed by atoms with E-state index in [4.69, 9.17) is 4.74 Å². The maximum Gasteiger partial charge on any atom is 0.269 e. The fourth-order valence-electron chi connectivity index (χ4n) is 2.13. The van der Waals surface area contributed by atoms with Gasteiger partial charge in [-0.05, 0) is 19.1 Å². The Morgan fingerprint density at radius 1 is 1.27 bits per heavy atom. The van der Waals surface area contributed by atoms with Crippen molar-refractivity contribution in [1.82, 2.24) is 10.2 Å². The number of nitro benzene ring substituents is 1. The van der Waals surface area contributed by atoms with Crippen molar-refractivity contribution >= 4 is 17.5 Å². The largest absolute Gasteiger partial charge is 0.378 e. The molecule has 1 aliphatic heterocycles. The Morgan fingerprint density at radius 2 is 1.86 bits per heavy atom. The van der Waals surface area contributed by atoms with Gasteiger partial charge >= 0.3 is 0 Å². The maximum atomic E-state index is 12.2. The first-order valence-corrected chi connectivity index (χ1v) is 6.91. The van der Waals surface area contributed by atoms with Crippen LogP contribution in [0.5, 0.6) is 0 Å². The summed E-state index contributed by atoms with van der Waals surface area (Å²) >= 11 is 0. The van der Waals surface area contributed by atoms with Crippen molar-refractivity contribution in [1.29, 1.82) is 0 Å². The fraction of sp³-hybridized carbons (Fsp3) is 0.429. The van der Waals surface area contributed by atoms with Gasteiger partial charge in [0.1, 0.15) is 6.04 Å². The molecule has 1 aromatic carbocycles. The van der Waals surface area contributed by atoms with E-state index in [1.54, 1.807) is 11.8 Å². The summed E-state index contributed by atoms with van der Waals surface area (Å²) in [4.78, 5) is 35.9. The normalized spacial score (nSPS) is 16.0. The molecule has 0 aromatic heterocycles.